The fourth-order valence-electron chi connectivity index (χ4n) is 1.49. The molecule has 0 saturated carbocycles. The molecule has 78 valence electrons. The van der Waals surface area contributed by atoms with E-state index in [1.54, 1.807) is 12.1 Å². The molecule has 1 atom stereocenters. The zero-order valence-corrected chi connectivity index (χ0v) is 8.92. The van der Waals surface area contributed by atoms with Crippen LogP contribution in [0.4, 0.5) is 4.39 Å². The van der Waals surface area contributed by atoms with Crippen LogP contribution in [0.1, 0.15) is 43.7 Å². The van der Waals surface area contributed by atoms with E-state index >= 15 is 0 Å². The van der Waals surface area contributed by atoms with Crippen molar-refractivity contribution in [1.82, 2.24) is 0 Å². The Morgan fingerprint density at radius 2 is 1.79 bits per heavy atom. The molecule has 0 amide bonds. The smallest absolute Gasteiger partial charge is 0.130 e. The molecule has 0 aromatic heterocycles. The van der Waals surface area contributed by atoms with E-state index in [2.05, 4.69) is 0 Å². The van der Waals surface area contributed by atoms with E-state index in [9.17, 15) is 4.39 Å². The minimum Gasteiger partial charge on any atom is -0.396 e. The van der Waals surface area contributed by atoms with Crippen molar-refractivity contribution < 1.29 is 9.50 Å². The Morgan fingerprint density at radius 3 is 2.29 bits per heavy atom. The number of halogens is 1. The van der Waals surface area contributed by atoms with Crippen LogP contribution in [0.15, 0.2) is 18.2 Å². The maximum absolute atomic E-state index is 13.8. The highest BCUT2D eigenvalue weighted by atomic mass is 19.1. The van der Waals surface area contributed by atoms with Crippen LogP contribution in [0.2, 0.25) is 0 Å². The highest BCUT2D eigenvalue weighted by molar-refractivity contribution is 5.30. The second-order valence-electron chi connectivity index (χ2n) is 3.99. The molecule has 1 N–H and O–H groups in total. The van der Waals surface area contributed by atoms with Gasteiger partial charge in [0.25, 0.3) is 0 Å². The van der Waals surface area contributed by atoms with Crippen LogP contribution < -0.4 is 0 Å². The monoisotopic (exact) mass is 196 g/mol. The summed E-state index contributed by atoms with van der Waals surface area (Å²) in [7, 11) is 0. The number of benzene rings is 1. The topological polar surface area (TPSA) is 20.2 Å². The summed E-state index contributed by atoms with van der Waals surface area (Å²) >= 11 is 0. The molecule has 14 heavy (non-hydrogen) atoms. The number of hydrogen-bond donors (Lipinski definition) is 1. The van der Waals surface area contributed by atoms with Gasteiger partial charge in [-0.1, -0.05) is 39.0 Å². The number of aliphatic hydroxyl groups is 1. The third-order valence-electron chi connectivity index (χ3n) is 2.49. The molecule has 1 rings (SSSR count). The van der Waals surface area contributed by atoms with Crippen molar-refractivity contribution in [3.8, 4) is 0 Å². The van der Waals surface area contributed by atoms with Crippen LogP contribution in [0.5, 0.6) is 0 Å². The molecule has 0 spiro atoms. The maximum Gasteiger partial charge on any atom is 0.130 e. The highest BCUT2D eigenvalue weighted by Gasteiger charge is 2.14. The fourth-order valence-corrected chi connectivity index (χ4v) is 1.49. The van der Waals surface area contributed by atoms with Crippen molar-refractivity contribution in [2.24, 2.45) is 0 Å². The Morgan fingerprint density at radius 1 is 1.21 bits per heavy atom. The lowest BCUT2D eigenvalue weighted by molar-refractivity contribution is 0.270. The average Bonchev–Trinajstić information content (AvgIpc) is 2.16. The lowest BCUT2D eigenvalue weighted by atomic mass is 9.94. The third-order valence-corrected chi connectivity index (χ3v) is 2.49. The van der Waals surface area contributed by atoms with E-state index in [1.807, 2.05) is 26.8 Å². The molecular weight excluding hydrogens is 179 g/mol. The predicted octanol–water partition coefficient (Wildman–Crippen LogP) is 3.04. The second kappa shape index (κ2) is 4.56. The van der Waals surface area contributed by atoms with Crippen LogP contribution in [-0.4, -0.2) is 11.7 Å². The Hall–Kier alpha value is -0.890. The lowest BCUT2D eigenvalue weighted by Crippen LogP contribution is -2.05. The van der Waals surface area contributed by atoms with Crippen molar-refractivity contribution in [1.29, 1.82) is 0 Å². The number of hydrogen-bond acceptors (Lipinski definition) is 1. The van der Waals surface area contributed by atoms with Crippen LogP contribution in [0.3, 0.4) is 0 Å². The molecule has 0 fully saturated rings. The van der Waals surface area contributed by atoms with E-state index in [4.69, 9.17) is 5.11 Å². The van der Waals surface area contributed by atoms with E-state index in [1.165, 1.54) is 0 Å². The van der Waals surface area contributed by atoms with E-state index in [-0.39, 0.29) is 24.3 Å². The van der Waals surface area contributed by atoms with Gasteiger partial charge in [-0.3, -0.25) is 0 Å². The molecule has 1 unspecified atom stereocenters. The minimum absolute atomic E-state index is 0.0154. The first-order valence-corrected chi connectivity index (χ1v) is 4.97. The molecule has 0 saturated heterocycles. The summed E-state index contributed by atoms with van der Waals surface area (Å²) in [6, 6.07) is 5.38. The molecule has 0 aliphatic heterocycles. The summed E-state index contributed by atoms with van der Waals surface area (Å²) < 4.78 is 13.8. The molecule has 0 radical (unpaired) electrons. The highest BCUT2D eigenvalue weighted by Crippen LogP contribution is 2.25. The molecule has 0 aliphatic carbocycles. The summed E-state index contributed by atoms with van der Waals surface area (Å²) in [6.07, 6.45) is 0. The first-order chi connectivity index (χ1) is 6.57. The van der Waals surface area contributed by atoms with Gasteiger partial charge in [0.2, 0.25) is 0 Å². The van der Waals surface area contributed by atoms with Gasteiger partial charge in [-0.05, 0) is 17.0 Å². The summed E-state index contributed by atoms with van der Waals surface area (Å²) in [5.74, 6) is -0.112. The van der Waals surface area contributed by atoms with Crippen molar-refractivity contribution in [3.63, 3.8) is 0 Å². The molecule has 1 aromatic rings. The van der Waals surface area contributed by atoms with Crippen LogP contribution in [0.25, 0.3) is 0 Å². The second-order valence-corrected chi connectivity index (χ2v) is 3.99. The zero-order chi connectivity index (χ0) is 10.7. The quantitative estimate of drug-likeness (QED) is 0.787. The zero-order valence-electron chi connectivity index (χ0n) is 8.92. The SMILES string of the molecule is CC(C)c1cccc(C(C)CO)c1F. The van der Waals surface area contributed by atoms with E-state index < -0.39 is 0 Å². The fraction of sp³-hybridized carbons (Fsp3) is 0.500. The van der Waals surface area contributed by atoms with E-state index in [0.29, 0.717) is 5.56 Å². The van der Waals surface area contributed by atoms with Crippen LogP contribution in [-0.2, 0) is 0 Å². The van der Waals surface area contributed by atoms with Gasteiger partial charge in [0.05, 0.1) is 0 Å². The van der Waals surface area contributed by atoms with Gasteiger partial charge >= 0.3 is 0 Å². The van der Waals surface area contributed by atoms with Gasteiger partial charge in [0.15, 0.2) is 0 Å². The van der Waals surface area contributed by atoms with E-state index in [0.717, 1.165) is 5.56 Å². The van der Waals surface area contributed by atoms with Crippen LogP contribution in [0, 0.1) is 5.82 Å². The minimum atomic E-state index is -0.163. The van der Waals surface area contributed by atoms with Gasteiger partial charge < -0.3 is 5.11 Å². The molecule has 1 aromatic carbocycles. The number of rotatable bonds is 3. The third kappa shape index (κ3) is 2.13. The van der Waals surface area contributed by atoms with Gasteiger partial charge in [-0.25, -0.2) is 4.39 Å². The molecule has 0 bridgehead atoms. The van der Waals surface area contributed by atoms with Crippen molar-refractivity contribution in [2.75, 3.05) is 6.61 Å². The molecule has 0 heterocycles. The summed E-state index contributed by atoms with van der Waals surface area (Å²) in [6.45, 7) is 5.73. The van der Waals surface area contributed by atoms with Gasteiger partial charge in [-0.15, -0.1) is 0 Å². The Kier molecular flexibility index (Phi) is 3.64. The molecule has 1 nitrogen and oxygen atoms in total. The predicted molar refractivity (Wildman–Crippen MR) is 56.0 cm³/mol. The molecular formula is C12H17FO. The van der Waals surface area contributed by atoms with Gasteiger partial charge in [-0.2, -0.15) is 0 Å². The lowest BCUT2D eigenvalue weighted by Gasteiger charge is -2.14. The largest absolute Gasteiger partial charge is 0.396 e. The first-order valence-electron chi connectivity index (χ1n) is 4.97. The van der Waals surface area contributed by atoms with Crippen LogP contribution >= 0.6 is 0 Å². The summed E-state index contributed by atoms with van der Waals surface area (Å²) in [5, 5.41) is 8.98. The van der Waals surface area contributed by atoms with Crippen molar-refractivity contribution in [2.45, 2.75) is 32.6 Å². The van der Waals surface area contributed by atoms with Crippen molar-refractivity contribution >= 4 is 0 Å². The van der Waals surface area contributed by atoms with Crippen molar-refractivity contribution in [3.05, 3.63) is 35.1 Å². The maximum atomic E-state index is 13.8. The Bertz CT molecular complexity index is 307. The standard InChI is InChI=1S/C12H17FO/c1-8(2)10-5-4-6-11(12(10)13)9(3)7-14/h4-6,8-9,14H,7H2,1-3H3. The van der Waals surface area contributed by atoms with Gasteiger partial charge in [0, 0.05) is 12.5 Å². The Balaban J connectivity index is 3.13. The van der Waals surface area contributed by atoms with Gasteiger partial charge in [0.1, 0.15) is 5.82 Å². The average molecular weight is 196 g/mol. The summed E-state index contributed by atoms with van der Waals surface area (Å²) in [4.78, 5) is 0. The Labute approximate surface area is 84.6 Å². The normalized spacial score (nSPS) is 13.3. The molecule has 0 aliphatic rings. The molecule has 2 heteroatoms. The summed E-state index contributed by atoms with van der Waals surface area (Å²) in [5.41, 5.74) is 1.33. The number of aliphatic hydroxyl groups excluding tert-OH is 1. The first kappa shape index (κ1) is 11.2.